The second-order valence-corrected chi connectivity index (χ2v) is 5.87. The number of hydrogen-bond donors (Lipinski definition) is 0. The highest BCUT2D eigenvalue weighted by atomic mass is 16.5. The number of carbonyl (C=O) groups excluding carboxylic acids is 2. The predicted octanol–water partition coefficient (Wildman–Crippen LogP) is 3.12. The van der Waals surface area contributed by atoms with E-state index >= 15 is 0 Å². The zero-order valence-electron chi connectivity index (χ0n) is 16.1. The van der Waals surface area contributed by atoms with Gasteiger partial charge in [0.1, 0.15) is 11.5 Å². The first-order chi connectivity index (χ1) is 13.5. The highest BCUT2D eigenvalue weighted by Crippen LogP contribution is 2.29. The molecule has 1 amide bonds. The van der Waals surface area contributed by atoms with Crippen LogP contribution in [0.1, 0.15) is 22.3 Å². The van der Waals surface area contributed by atoms with E-state index in [2.05, 4.69) is 0 Å². The smallest absolute Gasteiger partial charge is 0.338 e. The van der Waals surface area contributed by atoms with E-state index in [-0.39, 0.29) is 18.5 Å². The molecule has 2 aromatic carbocycles. The Balaban J connectivity index is 2.12. The average Bonchev–Trinajstić information content (AvgIpc) is 2.73. The second-order valence-electron chi connectivity index (χ2n) is 5.87. The number of nitriles is 1. The number of para-hydroxylation sites is 1. The molecule has 2 rings (SSSR count). The number of anilines is 1. The van der Waals surface area contributed by atoms with Crippen molar-refractivity contribution in [1.82, 2.24) is 0 Å². The molecule has 0 radical (unpaired) electrons. The largest absolute Gasteiger partial charge is 0.496 e. The van der Waals surface area contributed by atoms with Crippen molar-refractivity contribution < 1.29 is 23.8 Å². The topological polar surface area (TPSA) is 88.9 Å². The van der Waals surface area contributed by atoms with Gasteiger partial charge < -0.3 is 19.1 Å². The number of hydrogen-bond acceptors (Lipinski definition) is 6. The van der Waals surface area contributed by atoms with Gasteiger partial charge in [-0.3, -0.25) is 4.79 Å². The van der Waals surface area contributed by atoms with Crippen LogP contribution in [0.5, 0.6) is 11.5 Å². The molecule has 0 aliphatic heterocycles. The van der Waals surface area contributed by atoms with Gasteiger partial charge in [0.15, 0.2) is 6.61 Å². The summed E-state index contributed by atoms with van der Waals surface area (Å²) in [6, 6.07) is 14.0. The Morgan fingerprint density at radius 3 is 2.21 bits per heavy atom. The molecule has 0 unspecified atom stereocenters. The molecule has 0 atom stereocenters. The molecule has 0 aromatic heterocycles. The van der Waals surface area contributed by atoms with E-state index in [1.54, 1.807) is 24.3 Å². The Labute approximate surface area is 164 Å². The first-order valence-electron chi connectivity index (χ1n) is 8.64. The van der Waals surface area contributed by atoms with E-state index in [1.807, 2.05) is 19.1 Å². The van der Waals surface area contributed by atoms with Crippen LogP contribution in [0.3, 0.4) is 0 Å². The van der Waals surface area contributed by atoms with Gasteiger partial charge in [-0.2, -0.15) is 5.26 Å². The molecule has 0 bridgehead atoms. The van der Waals surface area contributed by atoms with Gasteiger partial charge in [-0.15, -0.1) is 0 Å². The van der Waals surface area contributed by atoms with Gasteiger partial charge in [0, 0.05) is 17.8 Å². The molecular weight excluding hydrogens is 360 g/mol. The Morgan fingerprint density at radius 2 is 1.68 bits per heavy atom. The summed E-state index contributed by atoms with van der Waals surface area (Å²) in [5, 5.41) is 8.83. The van der Waals surface area contributed by atoms with Crippen LogP contribution in [0.25, 0.3) is 0 Å². The molecule has 0 saturated carbocycles. The maximum Gasteiger partial charge on any atom is 0.338 e. The molecule has 0 saturated heterocycles. The number of carbonyl (C=O) groups is 2. The van der Waals surface area contributed by atoms with E-state index in [9.17, 15) is 9.59 Å². The van der Waals surface area contributed by atoms with Crippen molar-refractivity contribution >= 4 is 17.6 Å². The van der Waals surface area contributed by atoms with Crippen molar-refractivity contribution in [3.8, 4) is 17.6 Å². The lowest BCUT2D eigenvalue weighted by Crippen LogP contribution is -2.35. The molecule has 0 aliphatic carbocycles. The lowest BCUT2D eigenvalue weighted by Gasteiger charge is -2.21. The first kappa shape index (κ1) is 20.8. The fourth-order valence-corrected chi connectivity index (χ4v) is 2.66. The molecule has 0 heterocycles. The molecular formula is C21H22N2O5. The summed E-state index contributed by atoms with van der Waals surface area (Å²) in [5.41, 5.74) is 1.61. The number of esters is 1. The van der Waals surface area contributed by atoms with E-state index < -0.39 is 18.5 Å². The zero-order valence-corrected chi connectivity index (χ0v) is 16.1. The molecule has 0 aliphatic rings. The average molecular weight is 382 g/mol. The third-order valence-electron chi connectivity index (χ3n) is 4.13. The van der Waals surface area contributed by atoms with E-state index in [4.69, 9.17) is 19.5 Å². The third-order valence-corrected chi connectivity index (χ3v) is 4.13. The maximum atomic E-state index is 12.6. The van der Waals surface area contributed by atoms with Gasteiger partial charge in [-0.05, 0) is 31.2 Å². The Kier molecular flexibility index (Phi) is 7.40. The number of benzene rings is 2. The highest BCUT2D eigenvalue weighted by molar-refractivity contribution is 5.97. The van der Waals surface area contributed by atoms with Gasteiger partial charge in [0.2, 0.25) is 0 Å². The predicted molar refractivity (Wildman–Crippen MR) is 104 cm³/mol. The minimum atomic E-state index is -0.668. The van der Waals surface area contributed by atoms with Crippen LogP contribution < -0.4 is 14.4 Å². The Morgan fingerprint density at radius 1 is 1.07 bits per heavy atom. The Bertz CT molecular complexity index is 849. The number of ether oxygens (including phenoxy) is 3. The van der Waals surface area contributed by atoms with Crippen molar-refractivity contribution in [2.75, 3.05) is 32.3 Å². The molecule has 146 valence electrons. The number of methoxy groups -OCH3 is 2. The monoisotopic (exact) mass is 382 g/mol. The second kappa shape index (κ2) is 9.97. The number of nitrogens with zero attached hydrogens (tertiary/aromatic N) is 2. The quantitative estimate of drug-likeness (QED) is 0.652. The van der Waals surface area contributed by atoms with E-state index in [0.717, 1.165) is 5.56 Å². The molecule has 2 aromatic rings. The van der Waals surface area contributed by atoms with Crippen molar-refractivity contribution in [3.05, 3.63) is 53.6 Å². The Hall–Kier alpha value is -3.53. The SMILES string of the molecule is COc1cc(C(=O)OCC(=O)N(CCC#N)c2ccccc2)cc(OC)c1C. The summed E-state index contributed by atoms with van der Waals surface area (Å²) >= 11 is 0. The molecule has 0 fully saturated rings. The van der Waals surface area contributed by atoms with Gasteiger partial charge in [-0.1, -0.05) is 18.2 Å². The van der Waals surface area contributed by atoms with Gasteiger partial charge >= 0.3 is 5.97 Å². The van der Waals surface area contributed by atoms with Crippen LogP contribution in [0.2, 0.25) is 0 Å². The third kappa shape index (κ3) is 5.01. The standard InChI is InChI=1S/C21H22N2O5/c1-15-18(26-2)12-16(13-19(15)27-3)21(25)28-14-20(24)23(11-7-10-22)17-8-5-4-6-9-17/h4-6,8-9,12-13H,7,11,14H2,1-3H3. The minimum Gasteiger partial charge on any atom is -0.496 e. The van der Waals surface area contributed by atoms with Crippen LogP contribution in [0.15, 0.2) is 42.5 Å². The van der Waals surface area contributed by atoms with Crippen molar-refractivity contribution in [1.29, 1.82) is 5.26 Å². The van der Waals surface area contributed by atoms with Crippen molar-refractivity contribution in [2.24, 2.45) is 0 Å². The van der Waals surface area contributed by atoms with E-state index in [0.29, 0.717) is 17.2 Å². The van der Waals surface area contributed by atoms with Crippen LogP contribution in [0, 0.1) is 18.3 Å². The molecule has 28 heavy (non-hydrogen) atoms. The first-order valence-corrected chi connectivity index (χ1v) is 8.64. The van der Waals surface area contributed by atoms with Gasteiger partial charge in [0.25, 0.3) is 5.91 Å². The fraction of sp³-hybridized carbons (Fsp3) is 0.286. The molecule has 0 N–H and O–H groups in total. The van der Waals surface area contributed by atoms with Crippen LogP contribution in [0.4, 0.5) is 5.69 Å². The van der Waals surface area contributed by atoms with Crippen molar-refractivity contribution in [3.63, 3.8) is 0 Å². The van der Waals surface area contributed by atoms with Crippen LogP contribution in [-0.4, -0.2) is 39.2 Å². The molecule has 7 nitrogen and oxygen atoms in total. The van der Waals surface area contributed by atoms with Gasteiger partial charge in [-0.25, -0.2) is 4.79 Å². The van der Waals surface area contributed by atoms with E-state index in [1.165, 1.54) is 31.3 Å². The lowest BCUT2D eigenvalue weighted by atomic mass is 10.1. The van der Waals surface area contributed by atoms with Crippen LogP contribution >= 0.6 is 0 Å². The number of rotatable bonds is 8. The molecule has 7 heteroatoms. The summed E-state index contributed by atoms with van der Waals surface area (Å²) in [4.78, 5) is 26.4. The number of amides is 1. The minimum absolute atomic E-state index is 0.168. The normalized spacial score (nSPS) is 9.93. The van der Waals surface area contributed by atoms with Crippen molar-refractivity contribution in [2.45, 2.75) is 13.3 Å². The maximum absolute atomic E-state index is 12.6. The fourth-order valence-electron chi connectivity index (χ4n) is 2.66. The summed E-state index contributed by atoms with van der Waals surface area (Å²) in [5.74, 6) is -0.116. The zero-order chi connectivity index (χ0) is 20.5. The summed E-state index contributed by atoms with van der Waals surface area (Å²) in [6.07, 6.45) is 0.168. The highest BCUT2D eigenvalue weighted by Gasteiger charge is 2.19. The summed E-state index contributed by atoms with van der Waals surface area (Å²) < 4.78 is 15.7. The summed E-state index contributed by atoms with van der Waals surface area (Å²) in [7, 11) is 2.99. The summed E-state index contributed by atoms with van der Waals surface area (Å²) in [6.45, 7) is 1.57. The lowest BCUT2D eigenvalue weighted by molar-refractivity contribution is -0.121. The van der Waals surface area contributed by atoms with Gasteiger partial charge in [0.05, 0.1) is 32.3 Å². The molecule has 0 spiro atoms. The van der Waals surface area contributed by atoms with Crippen LogP contribution in [-0.2, 0) is 9.53 Å².